The van der Waals surface area contributed by atoms with E-state index in [0.717, 1.165) is 23.8 Å². The van der Waals surface area contributed by atoms with Gasteiger partial charge in [0.2, 0.25) is 11.8 Å². The van der Waals surface area contributed by atoms with Gasteiger partial charge in [-0.05, 0) is 44.0 Å². The highest BCUT2D eigenvalue weighted by molar-refractivity contribution is 9.11. The van der Waals surface area contributed by atoms with Crippen molar-refractivity contribution in [1.29, 1.82) is 0 Å². The predicted octanol–water partition coefficient (Wildman–Crippen LogP) is 4.92. The van der Waals surface area contributed by atoms with E-state index in [-0.39, 0.29) is 17.4 Å². The molecule has 150 valence electrons. The van der Waals surface area contributed by atoms with Gasteiger partial charge in [-0.1, -0.05) is 0 Å². The minimum Gasteiger partial charge on any atom is -0.463 e. The smallest absolute Gasteiger partial charge is 0.259 e. The summed E-state index contributed by atoms with van der Waals surface area (Å²) < 4.78 is 12.9. The van der Waals surface area contributed by atoms with Gasteiger partial charge in [0.15, 0.2) is 11.2 Å². The number of fused-ring (bicyclic) bond motifs is 2. The predicted molar refractivity (Wildman–Crippen MR) is 116 cm³/mol. The molecule has 1 saturated heterocycles. The summed E-state index contributed by atoms with van der Waals surface area (Å²) in [5.41, 5.74) is 1.32. The van der Waals surface area contributed by atoms with Crippen LogP contribution in [-0.4, -0.2) is 25.7 Å². The van der Waals surface area contributed by atoms with Gasteiger partial charge < -0.3 is 13.8 Å². The highest BCUT2D eigenvalue weighted by atomic mass is 79.9. The Kier molecular flexibility index (Phi) is 7.04. The van der Waals surface area contributed by atoms with Crippen LogP contribution in [-0.2, 0) is 9.59 Å². The molecule has 0 bridgehead atoms. The summed E-state index contributed by atoms with van der Waals surface area (Å²) >= 11 is 9.37. The second-order valence-electron chi connectivity index (χ2n) is 5.66. The van der Waals surface area contributed by atoms with Gasteiger partial charge in [0.05, 0.1) is 43.0 Å². The third kappa shape index (κ3) is 5.03. The lowest BCUT2D eigenvalue weighted by molar-refractivity contribution is -0.131. The summed E-state index contributed by atoms with van der Waals surface area (Å²) in [7, 11) is 0. The second kappa shape index (κ2) is 9.51. The Bertz CT molecular complexity index is 1210. The van der Waals surface area contributed by atoms with Gasteiger partial charge in [0, 0.05) is 36.8 Å². The minimum atomic E-state index is -0.144. The van der Waals surface area contributed by atoms with Crippen molar-refractivity contribution < 1.29 is 18.4 Å². The Morgan fingerprint density at radius 2 is 1.59 bits per heavy atom. The molecule has 0 saturated carbocycles. The van der Waals surface area contributed by atoms with Crippen LogP contribution in [0.1, 0.15) is 12.8 Å². The highest BCUT2D eigenvalue weighted by Gasteiger charge is 2.26. The lowest BCUT2D eigenvalue weighted by Crippen LogP contribution is -2.16. The molecule has 29 heavy (non-hydrogen) atoms. The molecule has 0 unspecified atom stereocenters. The van der Waals surface area contributed by atoms with E-state index >= 15 is 0 Å². The fourth-order valence-corrected chi connectivity index (χ4v) is 3.57. The number of aromatic nitrogens is 2. The first-order valence-electron chi connectivity index (χ1n) is 8.11. The van der Waals surface area contributed by atoms with Crippen molar-refractivity contribution >= 4 is 81.8 Å². The van der Waals surface area contributed by atoms with E-state index in [1.807, 2.05) is 6.07 Å². The van der Waals surface area contributed by atoms with Crippen molar-refractivity contribution in [1.82, 2.24) is 13.9 Å². The second-order valence-corrected chi connectivity index (χ2v) is 8.08. The van der Waals surface area contributed by atoms with Crippen molar-refractivity contribution in [3.63, 3.8) is 0 Å². The summed E-state index contributed by atoms with van der Waals surface area (Å²) in [5, 5.41) is 1.59. The summed E-state index contributed by atoms with van der Waals surface area (Å²) in [5.74, 6) is -0.287. The molecule has 0 aromatic carbocycles. The van der Waals surface area contributed by atoms with Crippen molar-refractivity contribution in [2.75, 3.05) is 0 Å². The largest absolute Gasteiger partial charge is 0.463 e. The quantitative estimate of drug-likeness (QED) is 0.230. The number of nitrogens with zero attached hydrogens (tertiary/aromatic N) is 2. The maximum Gasteiger partial charge on any atom is 0.259 e. The van der Waals surface area contributed by atoms with Crippen LogP contribution in [0.2, 0.25) is 0 Å². The minimum absolute atomic E-state index is 0.128. The van der Waals surface area contributed by atoms with Crippen molar-refractivity contribution in [3.8, 4) is 0 Å². The molecule has 1 N–H and O–H groups in total. The van der Waals surface area contributed by atoms with Crippen LogP contribution in [0.4, 0.5) is 0 Å². The van der Waals surface area contributed by atoms with Crippen LogP contribution in [0.5, 0.6) is 0 Å². The molecule has 5 heterocycles. The van der Waals surface area contributed by atoms with Gasteiger partial charge >= 0.3 is 0 Å². The number of H-pyrrole nitrogens is 1. The molecule has 11 heteroatoms. The number of aromatic amines is 1. The topological polar surface area (TPSA) is 109 Å². The number of amides is 2. The number of hydrogen-bond donors (Lipinski definition) is 1. The zero-order valence-electron chi connectivity index (χ0n) is 14.5. The number of imide groups is 1. The number of furan rings is 2. The highest BCUT2D eigenvalue weighted by Crippen LogP contribution is 2.22. The van der Waals surface area contributed by atoms with Gasteiger partial charge in [-0.2, -0.15) is 0 Å². The molecule has 0 spiro atoms. The molecule has 4 aromatic heterocycles. The zero-order chi connectivity index (χ0) is 21.0. The Balaban J connectivity index is 0.000000126. The molecular formula is C18H12Br3N3O5. The van der Waals surface area contributed by atoms with Crippen LogP contribution in [0.25, 0.3) is 21.9 Å². The lowest BCUT2D eigenvalue weighted by atomic mass is 10.3. The monoisotopic (exact) mass is 587 g/mol. The maximum atomic E-state index is 11.1. The van der Waals surface area contributed by atoms with E-state index in [1.165, 1.54) is 6.26 Å². The number of nitrogens with one attached hydrogen (secondary N) is 1. The third-order valence-electron chi connectivity index (χ3n) is 3.76. The van der Waals surface area contributed by atoms with Crippen LogP contribution in [0, 0.1) is 0 Å². The Labute approximate surface area is 188 Å². The van der Waals surface area contributed by atoms with E-state index < -0.39 is 0 Å². The molecule has 1 aliphatic heterocycles. The maximum absolute atomic E-state index is 11.1. The van der Waals surface area contributed by atoms with E-state index in [9.17, 15) is 14.4 Å². The normalized spacial score (nSPS) is 13.3. The van der Waals surface area contributed by atoms with Gasteiger partial charge in [-0.15, -0.1) is 0 Å². The van der Waals surface area contributed by atoms with Crippen LogP contribution >= 0.6 is 48.0 Å². The van der Waals surface area contributed by atoms with Gasteiger partial charge in [-0.3, -0.25) is 19.4 Å². The molecule has 5 rings (SSSR count). The first-order chi connectivity index (χ1) is 13.9. The molecule has 4 aromatic rings. The number of pyridine rings is 2. The van der Waals surface area contributed by atoms with Crippen LogP contribution < -0.4 is 5.56 Å². The first kappa shape index (κ1) is 21.5. The lowest BCUT2D eigenvalue weighted by Gasteiger charge is -1.97. The number of hydrogen-bond acceptors (Lipinski definition) is 6. The molecule has 0 atom stereocenters. The van der Waals surface area contributed by atoms with E-state index in [0.29, 0.717) is 23.8 Å². The molecule has 0 radical (unpaired) electrons. The Morgan fingerprint density at radius 1 is 0.931 bits per heavy atom. The van der Waals surface area contributed by atoms with Crippen LogP contribution in [0.3, 0.4) is 0 Å². The summed E-state index contributed by atoms with van der Waals surface area (Å²) in [4.78, 5) is 38.5. The summed E-state index contributed by atoms with van der Waals surface area (Å²) in [6.45, 7) is 0. The molecule has 2 amide bonds. The van der Waals surface area contributed by atoms with E-state index in [4.69, 9.17) is 8.83 Å². The molecular weight excluding hydrogens is 578 g/mol. The molecule has 1 fully saturated rings. The number of rotatable bonds is 0. The number of carbonyl (C=O) groups is 2. The summed E-state index contributed by atoms with van der Waals surface area (Å²) in [6, 6.07) is 3.52. The fourth-order valence-electron chi connectivity index (χ4n) is 2.35. The van der Waals surface area contributed by atoms with Crippen molar-refractivity contribution in [3.05, 3.63) is 62.5 Å². The zero-order valence-corrected chi connectivity index (χ0v) is 19.3. The summed E-state index contributed by atoms with van der Waals surface area (Å²) in [6.07, 6.45) is 8.89. The van der Waals surface area contributed by atoms with E-state index in [2.05, 4.69) is 58.0 Å². The third-order valence-corrected chi connectivity index (χ3v) is 5.71. The standard InChI is InChI=1S/C7H4BrNO2.C7H4BrNO.C4H4BrNO2/c8-5-3-9-7(10)4-1-2-11-6(4)5;8-6-4-9-3-5-1-2-10-7(5)6;5-6-3(7)1-2-4(6)8/h1-3H,(H,9,10);1-4H;1-2H2. The Hall–Kier alpha value is -2.24. The van der Waals surface area contributed by atoms with Gasteiger partial charge in [-0.25, -0.2) is 3.93 Å². The molecule has 0 aliphatic carbocycles. The van der Waals surface area contributed by atoms with Gasteiger partial charge in [0.1, 0.15) is 0 Å². The Morgan fingerprint density at radius 3 is 2.17 bits per heavy atom. The average Bonchev–Trinajstić information content (AvgIpc) is 3.44. The molecule has 1 aliphatic rings. The fraction of sp³-hybridized carbons (Fsp3) is 0.111. The van der Waals surface area contributed by atoms with E-state index in [1.54, 1.807) is 30.9 Å². The number of halogens is 3. The SMILES string of the molecule is Brc1cncc2ccoc12.O=C1CCC(=O)N1Br.O=c1[nH]cc(Br)c2occc12. The van der Waals surface area contributed by atoms with Gasteiger partial charge in [0.25, 0.3) is 5.56 Å². The first-order valence-corrected chi connectivity index (χ1v) is 10.4. The van der Waals surface area contributed by atoms with Crippen molar-refractivity contribution in [2.45, 2.75) is 12.8 Å². The van der Waals surface area contributed by atoms with Crippen molar-refractivity contribution in [2.24, 2.45) is 0 Å². The average molecular weight is 590 g/mol. The number of carbonyl (C=O) groups excluding carboxylic acids is 2. The van der Waals surface area contributed by atoms with Crippen LogP contribution in [0.15, 0.2) is 65.8 Å². The molecule has 8 nitrogen and oxygen atoms in total.